The van der Waals surface area contributed by atoms with Crippen LogP contribution in [0.3, 0.4) is 0 Å². The van der Waals surface area contributed by atoms with Gasteiger partial charge in [0.2, 0.25) is 0 Å². The molecular formula is C54H45N. The van der Waals surface area contributed by atoms with Crippen LogP contribution < -0.4 is 4.90 Å². The number of fused-ring (bicyclic) bond motifs is 8. The smallest absolute Gasteiger partial charge is 0.0540 e. The number of nitrogens with zero attached hydrogens (tertiary/aromatic N) is 1. The lowest BCUT2D eigenvalue weighted by atomic mass is 9.63. The Morgan fingerprint density at radius 1 is 0.364 bits per heavy atom. The van der Waals surface area contributed by atoms with Crippen LogP contribution in [0, 0.1) is 0 Å². The molecule has 1 heteroatoms. The van der Waals surface area contributed by atoms with E-state index in [4.69, 9.17) is 0 Å². The van der Waals surface area contributed by atoms with E-state index in [2.05, 4.69) is 209 Å². The predicted molar refractivity (Wildman–Crippen MR) is 237 cm³/mol. The van der Waals surface area contributed by atoms with Crippen molar-refractivity contribution in [2.24, 2.45) is 0 Å². The molecule has 266 valence electrons. The van der Waals surface area contributed by atoms with Crippen LogP contribution >= 0.6 is 0 Å². The Bertz CT molecular complexity index is 2900. The van der Waals surface area contributed by atoms with Crippen molar-refractivity contribution in [2.45, 2.75) is 51.4 Å². The van der Waals surface area contributed by atoms with E-state index < -0.39 is 0 Å². The zero-order chi connectivity index (χ0) is 37.3. The molecule has 9 aromatic carbocycles. The minimum atomic E-state index is 0.152. The van der Waals surface area contributed by atoms with Crippen molar-refractivity contribution in [3.8, 4) is 22.3 Å². The number of benzene rings is 9. The predicted octanol–water partition coefficient (Wildman–Crippen LogP) is 15.5. The molecule has 0 N–H and O–H groups in total. The second kappa shape index (κ2) is 12.7. The maximum absolute atomic E-state index is 2.50. The molecule has 0 aromatic heterocycles. The van der Waals surface area contributed by atoms with Crippen molar-refractivity contribution in [3.05, 3.63) is 187 Å². The molecule has 0 amide bonds. The maximum Gasteiger partial charge on any atom is 0.0540 e. The summed E-state index contributed by atoms with van der Waals surface area (Å²) in [5.74, 6) is 0. The summed E-state index contributed by atoms with van der Waals surface area (Å²) in [5, 5.41) is 10.3. The van der Waals surface area contributed by atoms with Crippen LogP contribution in [0.1, 0.15) is 51.7 Å². The maximum atomic E-state index is 2.50. The number of para-hydroxylation sites is 1. The normalized spacial score (nSPS) is 14.7. The second-order valence-electron chi connectivity index (χ2n) is 16.8. The van der Waals surface area contributed by atoms with Crippen molar-refractivity contribution in [1.29, 1.82) is 0 Å². The van der Waals surface area contributed by atoms with E-state index in [9.17, 15) is 0 Å². The lowest BCUT2D eigenvalue weighted by Gasteiger charge is -2.42. The van der Waals surface area contributed by atoms with Crippen LogP contribution in [0.5, 0.6) is 0 Å². The van der Waals surface area contributed by atoms with Gasteiger partial charge in [-0.05, 0) is 131 Å². The SMILES string of the molecule is CC1(C)CCC(C)(C)c2cc3cc(-c4ccccc4N(c4cccc(-c5ccccc5)c4)c4ccc5c6ccccc6c6ccccc6c5c4)ccc3cc21. The van der Waals surface area contributed by atoms with Gasteiger partial charge < -0.3 is 4.90 Å². The van der Waals surface area contributed by atoms with Gasteiger partial charge in [0, 0.05) is 16.9 Å². The average molecular weight is 708 g/mol. The van der Waals surface area contributed by atoms with Crippen molar-refractivity contribution >= 4 is 60.2 Å². The summed E-state index contributed by atoms with van der Waals surface area (Å²) in [7, 11) is 0. The third kappa shape index (κ3) is 5.61. The molecule has 10 rings (SSSR count). The molecule has 0 saturated carbocycles. The van der Waals surface area contributed by atoms with Gasteiger partial charge in [-0.25, -0.2) is 0 Å². The highest BCUT2D eigenvalue weighted by Gasteiger charge is 2.37. The molecule has 0 heterocycles. The Hall–Kier alpha value is -6.18. The quantitative estimate of drug-likeness (QED) is 0.161. The van der Waals surface area contributed by atoms with E-state index in [1.807, 2.05) is 0 Å². The number of hydrogen-bond donors (Lipinski definition) is 0. The molecule has 1 nitrogen and oxygen atoms in total. The Kier molecular flexibility index (Phi) is 7.72. The summed E-state index contributed by atoms with van der Waals surface area (Å²) in [6.45, 7) is 9.67. The number of rotatable bonds is 5. The highest BCUT2D eigenvalue weighted by Crippen LogP contribution is 2.49. The zero-order valence-corrected chi connectivity index (χ0v) is 32.1. The standard InChI is InChI=1S/C54H45N/c1-53(2)29-30-54(3,4)51-34-40-31-39(26-25-38(40)33-50(51)53)43-19-12-13-24-52(43)55(41-18-14-17-37(32-41)36-15-6-5-7-16-36)42-27-28-48-46-22-9-8-20-44(46)45-21-10-11-23-47(45)49(48)35-42/h5-28,31-35H,29-30H2,1-4H3. The molecule has 0 spiro atoms. The van der Waals surface area contributed by atoms with Crippen molar-refractivity contribution in [1.82, 2.24) is 0 Å². The number of anilines is 3. The first-order valence-electron chi connectivity index (χ1n) is 19.7. The van der Waals surface area contributed by atoms with Crippen molar-refractivity contribution < 1.29 is 0 Å². The topological polar surface area (TPSA) is 3.24 Å². The lowest BCUT2D eigenvalue weighted by molar-refractivity contribution is 0.332. The molecule has 0 bridgehead atoms. The van der Waals surface area contributed by atoms with Crippen molar-refractivity contribution in [3.63, 3.8) is 0 Å². The first kappa shape index (κ1) is 33.4. The summed E-state index contributed by atoms with van der Waals surface area (Å²) >= 11 is 0. The molecular weight excluding hydrogens is 663 g/mol. The number of hydrogen-bond acceptors (Lipinski definition) is 1. The Labute approximate surface area is 324 Å². The monoisotopic (exact) mass is 707 g/mol. The minimum absolute atomic E-state index is 0.152. The van der Waals surface area contributed by atoms with Gasteiger partial charge in [-0.3, -0.25) is 0 Å². The van der Waals surface area contributed by atoms with Gasteiger partial charge in [-0.15, -0.1) is 0 Å². The van der Waals surface area contributed by atoms with Gasteiger partial charge in [0.25, 0.3) is 0 Å². The van der Waals surface area contributed by atoms with E-state index in [-0.39, 0.29) is 10.8 Å². The summed E-state index contributed by atoms with van der Waals surface area (Å²) in [6.07, 6.45) is 2.42. The molecule has 0 unspecified atom stereocenters. The minimum Gasteiger partial charge on any atom is -0.310 e. The second-order valence-corrected chi connectivity index (χ2v) is 16.8. The fourth-order valence-corrected chi connectivity index (χ4v) is 9.31. The molecule has 0 radical (unpaired) electrons. The van der Waals surface area contributed by atoms with Crippen molar-refractivity contribution in [2.75, 3.05) is 4.90 Å². The highest BCUT2D eigenvalue weighted by atomic mass is 15.1. The first-order chi connectivity index (χ1) is 26.7. The van der Waals surface area contributed by atoms with Crippen LogP contribution in [0.15, 0.2) is 176 Å². The largest absolute Gasteiger partial charge is 0.310 e. The molecule has 55 heavy (non-hydrogen) atoms. The van der Waals surface area contributed by atoms with Crippen LogP contribution in [-0.4, -0.2) is 0 Å². The van der Waals surface area contributed by atoms with Crippen LogP contribution in [0.4, 0.5) is 17.1 Å². The Morgan fingerprint density at radius 3 is 1.60 bits per heavy atom. The third-order valence-corrected chi connectivity index (χ3v) is 12.5. The lowest BCUT2D eigenvalue weighted by Crippen LogP contribution is -2.33. The van der Waals surface area contributed by atoms with Crippen LogP contribution in [0.2, 0.25) is 0 Å². The fraction of sp³-hybridized carbons (Fsp3) is 0.148. The van der Waals surface area contributed by atoms with Gasteiger partial charge in [0.15, 0.2) is 0 Å². The van der Waals surface area contributed by atoms with Gasteiger partial charge in [0.05, 0.1) is 5.69 Å². The summed E-state index contributed by atoms with van der Waals surface area (Å²) < 4.78 is 0. The summed E-state index contributed by atoms with van der Waals surface area (Å²) in [5.41, 5.74) is 11.6. The van der Waals surface area contributed by atoms with Crippen LogP contribution in [-0.2, 0) is 10.8 Å². The zero-order valence-electron chi connectivity index (χ0n) is 32.1. The molecule has 1 aliphatic rings. The third-order valence-electron chi connectivity index (χ3n) is 12.5. The van der Waals surface area contributed by atoms with Gasteiger partial charge in [-0.2, -0.15) is 0 Å². The van der Waals surface area contributed by atoms with Gasteiger partial charge in [0.1, 0.15) is 0 Å². The van der Waals surface area contributed by atoms with E-state index in [1.165, 1.54) is 89.3 Å². The van der Waals surface area contributed by atoms with E-state index >= 15 is 0 Å². The van der Waals surface area contributed by atoms with Gasteiger partial charge in [-0.1, -0.05) is 167 Å². The van der Waals surface area contributed by atoms with Crippen LogP contribution in [0.25, 0.3) is 65.3 Å². The summed E-state index contributed by atoms with van der Waals surface area (Å²) in [4.78, 5) is 2.47. The van der Waals surface area contributed by atoms with E-state index in [1.54, 1.807) is 0 Å². The Balaban J connectivity index is 1.20. The molecule has 0 aliphatic heterocycles. The average Bonchev–Trinajstić information content (AvgIpc) is 3.23. The molecule has 0 atom stereocenters. The van der Waals surface area contributed by atoms with E-state index in [0.29, 0.717) is 0 Å². The highest BCUT2D eigenvalue weighted by molar-refractivity contribution is 6.25. The first-order valence-corrected chi connectivity index (χ1v) is 19.7. The fourth-order valence-electron chi connectivity index (χ4n) is 9.31. The molecule has 1 aliphatic carbocycles. The molecule has 9 aromatic rings. The molecule has 0 saturated heterocycles. The van der Waals surface area contributed by atoms with Gasteiger partial charge >= 0.3 is 0 Å². The Morgan fingerprint density at radius 2 is 0.909 bits per heavy atom. The molecule has 0 fully saturated rings. The summed E-state index contributed by atoms with van der Waals surface area (Å²) in [6, 6.07) is 65.5. The van der Waals surface area contributed by atoms with E-state index in [0.717, 1.165) is 17.1 Å².